The fourth-order valence-corrected chi connectivity index (χ4v) is 2.36. The number of hydrogen-bond acceptors (Lipinski definition) is 3. The van der Waals surface area contributed by atoms with Crippen molar-refractivity contribution in [2.75, 3.05) is 39.3 Å². The quantitative estimate of drug-likeness (QED) is 0.0984. The van der Waals surface area contributed by atoms with Crippen LogP contribution >= 0.6 is 74.5 Å². The normalized spacial score (nSPS) is 18.6. The minimum atomic E-state index is -1.16. The van der Waals surface area contributed by atoms with E-state index in [0.717, 1.165) is 54.8 Å². The Morgan fingerprint density at radius 1 is 0.640 bits per heavy atom. The Morgan fingerprint density at radius 2 is 0.880 bits per heavy atom. The van der Waals surface area contributed by atoms with Gasteiger partial charge in [-0.05, 0) is 0 Å². The van der Waals surface area contributed by atoms with Crippen LogP contribution in [0.25, 0.3) is 0 Å². The van der Waals surface area contributed by atoms with Gasteiger partial charge in [0.05, 0.1) is 39.3 Å². The molecular weight excluding hydrogens is 773 g/mol. The third-order valence-corrected chi connectivity index (χ3v) is 3.76. The topological polar surface area (TPSA) is 78.0 Å². The molecule has 0 bridgehead atoms. The molecule has 0 fully saturated rings. The van der Waals surface area contributed by atoms with Crippen LogP contribution in [-0.2, 0) is 0 Å². The third kappa shape index (κ3) is 21.9. The number of halogens is 3. The molecule has 0 aliphatic carbocycles. The molecule has 0 amide bonds. The van der Waals surface area contributed by atoms with Gasteiger partial charge in [-0.15, -0.1) is 0 Å². The Hall–Kier alpha value is 1.78. The van der Waals surface area contributed by atoms with E-state index in [9.17, 15) is 0 Å². The summed E-state index contributed by atoms with van der Waals surface area (Å²) in [4.78, 5) is 9.16. The van der Waals surface area contributed by atoms with Gasteiger partial charge in [-0.1, -0.05) is 37.9 Å². The first-order valence-electron chi connectivity index (χ1n) is 7.80. The Bertz CT molecular complexity index is 381. The summed E-state index contributed by atoms with van der Waals surface area (Å²) in [6.45, 7) is 6.37. The summed E-state index contributed by atoms with van der Waals surface area (Å²) in [6.07, 6.45) is 3.60. The van der Waals surface area contributed by atoms with Gasteiger partial charge in [0.2, 0.25) is 0 Å². The van der Waals surface area contributed by atoms with Gasteiger partial charge in [0.1, 0.15) is 0 Å². The van der Waals surface area contributed by atoms with Gasteiger partial charge in [0.25, 0.3) is 0 Å². The summed E-state index contributed by atoms with van der Waals surface area (Å²) in [5.74, 6) is 0. The summed E-state index contributed by atoms with van der Waals surface area (Å²) >= 11 is 20.9. The van der Waals surface area contributed by atoms with Gasteiger partial charge in [-0.25, -0.2) is 0 Å². The standard InChI is InChI=1S/3C4H8N2S.Bi.3BrH/c3*7-4-5-2-1-3-6-4;;;;/h3*1-3H2,(H2,5,6,7);;3*1H/q;;;+3;;;. The molecule has 146 valence electrons. The SMILES string of the molecule is SC1=[NH+]CCCN1.SC1=[NH+]CCCN1.SC1=[NH+]CCCN1.[Br][Bi]([Br])[Br]. The Kier molecular flexibility index (Phi) is 20.5. The van der Waals surface area contributed by atoms with Crippen LogP contribution in [0.5, 0.6) is 0 Å². The van der Waals surface area contributed by atoms with Crippen molar-refractivity contribution in [2.24, 2.45) is 0 Å². The maximum atomic E-state index is 4.06. The molecule has 6 N–H and O–H groups in total. The van der Waals surface area contributed by atoms with E-state index in [1.165, 1.54) is 19.3 Å². The van der Waals surface area contributed by atoms with E-state index in [-0.39, 0.29) is 0 Å². The second-order valence-electron chi connectivity index (χ2n) is 4.86. The number of thiol groups is 3. The number of hydrogen-bond donors (Lipinski definition) is 9. The van der Waals surface area contributed by atoms with Gasteiger partial charge in [-0.3, -0.25) is 30.9 Å². The molecule has 0 aromatic rings. The first-order valence-corrected chi connectivity index (χ1v) is 31.8. The zero-order valence-corrected chi connectivity index (χ0v) is 24.7. The van der Waals surface area contributed by atoms with Crippen molar-refractivity contribution >= 4 is 105 Å². The predicted molar refractivity (Wildman–Crippen MR) is 130 cm³/mol. The van der Waals surface area contributed by atoms with Crippen molar-refractivity contribution in [3.63, 3.8) is 0 Å². The average molecular weight is 800 g/mol. The van der Waals surface area contributed by atoms with Crippen LogP contribution in [0.4, 0.5) is 0 Å². The molecule has 0 atom stereocenters. The van der Waals surface area contributed by atoms with E-state index in [1.807, 2.05) is 0 Å². The van der Waals surface area contributed by atoms with Crippen LogP contribution in [-0.4, -0.2) is 69.5 Å². The van der Waals surface area contributed by atoms with Crippen molar-refractivity contribution < 1.29 is 15.0 Å². The Balaban J connectivity index is 0.000000314. The molecule has 3 heterocycles. The second-order valence-corrected chi connectivity index (χ2v) is 51.4. The molecular formula is C12H27BiBr3N6S3+3. The fraction of sp³-hybridized carbons (Fsp3) is 0.750. The van der Waals surface area contributed by atoms with E-state index >= 15 is 0 Å². The molecule has 3 rings (SSSR count). The van der Waals surface area contributed by atoms with Gasteiger partial charge < -0.3 is 0 Å². The molecule has 0 saturated carbocycles. The minimum absolute atomic E-state index is 0.909. The zero-order valence-electron chi connectivity index (χ0n) is 13.8. The Labute approximate surface area is 192 Å². The molecule has 13 heteroatoms. The first kappa shape index (κ1) is 26.8. The van der Waals surface area contributed by atoms with Crippen LogP contribution in [0, 0.1) is 0 Å². The molecule has 0 aromatic carbocycles. The van der Waals surface area contributed by atoms with Crippen LogP contribution in [0.15, 0.2) is 0 Å². The van der Waals surface area contributed by atoms with Gasteiger partial charge in [0.15, 0.2) is 0 Å². The molecule has 0 radical (unpaired) electrons. The van der Waals surface area contributed by atoms with Crippen molar-refractivity contribution in [1.82, 2.24) is 16.0 Å². The Morgan fingerprint density at radius 3 is 0.960 bits per heavy atom. The van der Waals surface area contributed by atoms with Crippen molar-refractivity contribution in [2.45, 2.75) is 19.3 Å². The van der Waals surface area contributed by atoms with Crippen LogP contribution in [0.1, 0.15) is 19.3 Å². The molecule has 0 aromatic heterocycles. The first-order chi connectivity index (χ1) is 11.9. The zero-order chi connectivity index (χ0) is 18.9. The number of rotatable bonds is 0. The van der Waals surface area contributed by atoms with Crippen LogP contribution < -0.4 is 30.9 Å². The third-order valence-electron chi connectivity index (χ3n) is 2.82. The van der Waals surface area contributed by atoms with E-state index in [1.54, 1.807) is 0 Å². The van der Waals surface area contributed by atoms with E-state index < -0.39 is 14.7 Å². The molecule has 0 unspecified atom stereocenters. The van der Waals surface area contributed by atoms with E-state index in [4.69, 9.17) is 0 Å². The number of nitrogens with one attached hydrogen (secondary N) is 6. The second kappa shape index (κ2) is 19.1. The molecule has 25 heavy (non-hydrogen) atoms. The van der Waals surface area contributed by atoms with Crippen molar-refractivity contribution in [3.05, 3.63) is 0 Å². The summed E-state index contributed by atoms with van der Waals surface area (Å²) in [5.41, 5.74) is 0. The van der Waals surface area contributed by atoms with E-state index in [2.05, 4.69) is 105 Å². The van der Waals surface area contributed by atoms with Gasteiger partial charge in [-0.2, -0.15) is 0 Å². The fourth-order valence-electron chi connectivity index (χ4n) is 1.69. The van der Waals surface area contributed by atoms with Crippen LogP contribution in [0.3, 0.4) is 0 Å². The van der Waals surface area contributed by atoms with Gasteiger partial charge in [0, 0.05) is 19.3 Å². The monoisotopic (exact) mass is 797 g/mol. The maximum absolute atomic E-state index is 4.06. The number of amidine groups is 3. The van der Waals surface area contributed by atoms with E-state index in [0.29, 0.717) is 0 Å². The summed E-state index contributed by atoms with van der Waals surface area (Å²) in [7, 11) is 0. The molecule has 0 saturated heterocycles. The molecule has 0 spiro atoms. The van der Waals surface area contributed by atoms with Crippen molar-refractivity contribution in [1.29, 1.82) is 0 Å². The van der Waals surface area contributed by atoms with Gasteiger partial charge >= 0.3 is 66.9 Å². The van der Waals surface area contributed by atoms with Crippen LogP contribution in [0.2, 0.25) is 0 Å². The molecule has 3 aliphatic rings. The average Bonchev–Trinajstić information content (AvgIpc) is 2.58. The molecule has 6 nitrogen and oxygen atoms in total. The van der Waals surface area contributed by atoms with Crippen molar-refractivity contribution in [3.8, 4) is 0 Å². The summed E-state index contributed by atoms with van der Waals surface area (Å²) < 4.78 is 0. The summed E-state index contributed by atoms with van der Waals surface area (Å²) in [5, 5.41) is 11.9. The predicted octanol–water partition coefficient (Wildman–Crippen LogP) is -2.81. The molecule has 3 aliphatic heterocycles. The summed E-state index contributed by atoms with van der Waals surface area (Å²) in [6, 6.07) is 0.